The van der Waals surface area contributed by atoms with Crippen LogP contribution in [0.1, 0.15) is 31.2 Å². The molecule has 1 aromatic rings. The van der Waals surface area contributed by atoms with E-state index < -0.39 is 6.61 Å². The summed E-state index contributed by atoms with van der Waals surface area (Å²) in [6, 6.07) is 5.31. The molecular formula is C14H18BrF2NO2. The molecule has 1 fully saturated rings. The molecule has 0 unspecified atom stereocenters. The molecule has 6 heteroatoms. The van der Waals surface area contributed by atoms with Crippen molar-refractivity contribution in [3.8, 4) is 5.75 Å². The standard InChI is InChI=1S/C14H18BrF2NO2/c15-10-1-6-13(20-14(16)17)9(7-10)8-18-11-2-4-12(19)5-3-11/h1,6-7,11-12,14,18-19H,2-5,8H2. The lowest BCUT2D eigenvalue weighted by Gasteiger charge is -2.26. The quantitative estimate of drug-likeness (QED) is 0.855. The van der Waals surface area contributed by atoms with Gasteiger partial charge >= 0.3 is 6.61 Å². The highest BCUT2D eigenvalue weighted by Crippen LogP contribution is 2.26. The number of nitrogens with one attached hydrogen (secondary N) is 1. The van der Waals surface area contributed by atoms with Gasteiger partial charge in [0.25, 0.3) is 0 Å². The minimum Gasteiger partial charge on any atom is -0.434 e. The fraction of sp³-hybridized carbons (Fsp3) is 0.571. The van der Waals surface area contributed by atoms with Gasteiger partial charge in [-0.15, -0.1) is 0 Å². The molecule has 2 rings (SSSR count). The van der Waals surface area contributed by atoms with Gasteiger partial charge in [-0.05, 0) is 43.9 Å². The first-order valence-electron chi connectivity index (χ1n) is 6.69. The van der Waals surface area contributed by atoms with Crippen molar-refractivity contribution in [1.82, 2.24) is 5.32 Å². The van der Waals surface area contributed by atoms with Crippen molar-refractivity contribution in [3.63, 3.8) is 0 Å². The second-order valence-corrected chi connectivity index (χ2v) is 5.93. The van der Waals surface area contributed by atoms with Gasteiger partial charge in [0.1, 0.15) is 5.75 Å². The van der Waals surface area contributed by atoms with Gasteiger partial charge in [0.05, 0.1) is 6.10 Å². The van der Waals surface area contributed by atoms with Crippen molar-refractivity contribution in [2.45, 2.75) is 51.0 Å². The summed E-state index contributed by atoms with van der Waals surface area (Å²) in [6.07, 6.45) is 3.18. The number of ether oxygens (including phenoxy) is 1. The van der Waals surface area contributed by atoms with Crippen molar-refractivity contribution in [2.75, 3.05) is 0 Å². The molecule has 0 spiro atoms. The van der Waals surface area contributed by atoms with E-state index in [1.165, 1.54) is 6.07 Å². The molecule has 0 radical (unpaired) electrons. The Balaban J connectivity index is 1.95. The van der Waals surface area contributed by atoms with Crippen molar-refractivity contribution < 1.29 is 18.6 Å². The number of aliphatic hydroxyl groups excluding tert-OH is 1. The molecule has 0 amide bonds. The smallest absolute Gasteiger partial charge is 0.387 e. The molecule has 1 aliphatic rings. The second kappa shape index (κ2) is 7.33. The molecule has 0 atom stereocenters. The number of aliphatic hydroxyl groups is 1. The van der Waals surface area contributed by atoms with Crippen LogP contribution in [0.15, 0.2) is 22.7 Å². The van der Waals surface area contributed by atoms with Gasteiger partial charge in [-0.25, -0.2) is 0 Å². The summed E-state index contributed by atoms with van der Waals surface area (Å²) in [6.45, 7) is -2.35. The topological polar surface area (TPSA) is 41.5 Å². The van der Waals surface area contributed by atoms with Gasteiger partial charge in [0.15, 0.2) is 0 Å². The number of rotatable bonds is 5. The lowest BCUT2D eigenvalue weighted by molar-refractivity contribution is -0.0505. The molecule has 0 bridgehead atoms. The highest BCUT2D eigenvalue weighted by Gasteiger charge is 2.19. The van der Waals surface area contributed by atoms with Crippen LogP contribution in [0.4, 0.5) is 8.78 Å². The summed E-state index contributed by atoms with van der Waals surface area (Å²) in [5.41, 5.74) is 0.700. The van der Waals surface area contributed by atoms with E-state index in [1.54, 1.807) is 12.1 Å². The average molecular weight is 350 g/mol. The maximum atomic E-state index is 12.4. The van der Waals surface area contributed by atoms with Crippen LogP contribution in [0.3, 0.4) is 0 Å². The third kappa shape index (κ3) is 4.68. The largest absolute Gasteiger partial charge is 0.434 e. The Morgan fingerprint density at radius 3 is 2.65 bits per heavy atom. The fourth-order valence-corrected chi connectivity index (χ4v) is 2.84. The minimum absolute atomic E-state index is 0.198. The zero-order valence-electron chi connectivity index (χ0n) is 11.0. The molecule has 2 N–H and O–H groups in total. The van der Waals surface area contributed by atoms with Gasteiger partial charge in [-0.3, -0.25) is 0 Å². The van der Waals surface area contributed by atoms with Crippen LogP contribution in [-0.4, -0.2) is 23.9 Å². The van der Waals surface area contributed by atoms with E-state index in [0.717, 1.165) is 30.2 Å². The Labute approximate surface area is 125 Å². The molecular weight excluding hydrogens is 332 g/mol. The predicted molar refractivity (Wildman–Crippen MR) is 75.9 cm³/mol. The maximum Gasteiger partial charge on any atom is 0.387 e. The minimum atomic E-state index is -2.82. The summed E-state index contributed by atoms with van der Waals surface area (Å²) in [5.74, 6) is 0.201. The third-order valence-electron chi connectivity index (χ3n) is 3.52. The number of hydrogen-bond acceptors (Lipinski definition) is 3. The van der Waals surface area contributed by atoms with Gasteiger partial charge in [0, 0.05) is 22.6 Å². The van der Waals surface area contributed by atoms with E-state index in [1.807, 2.05) is 0 Å². The Morgan fingerprint density at radius 2 is 2.00 bits per heavy atom. The Kier molecular flexibility index (Phi) is 5.74. The number of halogens is 3. The molecule has 1 aromatic carbocycles. The van der Waals surface area contributed by atoms with Crippen LogP contribution in [0.2, 0.25) is 0 Å². The average Bonchev–Trinajstić information content (AvgIpc) is 2.40. The van der Waals surface area contributed by atoms with Crippen LogP contribution in [0.25, 0.3) is 0 Å². The van der Waals surface area contributed by atoms with Crippen LogP contribution >= 0.6 is 15.9 Å². The SMILES string of the molecule is OC1CCC(NCc2cc(Br)ccc2OC(F)F)CC1. The van der Waals surface area contributed by atoms with Gasteiger partial charge in [0.2, 0.25) is 0 Å². The van der Waals surface area contributed by atoms with Gasteiger partial charge in [-0.2, -0.15) is 8.78 Å². The van der Waals surface area contributed by atoms with Crippen LogP contribution in [0.5, 0.6) is 5.75 Å². The summed E-state index contributed by atoms with van der Waals surface area (Å²) in [5, 5.41) is 12.8. The summed E-state index contributed by atoms with van der Waals surface area (Å²) in [7, 11) is 0. The van der Waals surface area contributed by atoms with E-state index in [-0.39, 0.29) is 11.9 Å². The highest BCUT2D eigenvalue weighted by atomic mass is 79.9. The zero-order valence-corrected chi connectivity index (χ0v) is 12.6. The van der Waals surface area contributed by atoms with Crippen LogP contribution in [-0.2, 0) is 6.54 Å². The molecule has 1 aliphatic carbocycles. The van der Waals surface area contributed by atoms with Crippen LogP contribution < -0.4 is 10.1 Å². The molecule has 0 saturated heterocycles. The molecule has 20 heavy (non-hydrogen) atoms. The first-order valence-corrected chi connectivity index (χ1v) is 7.48. The molecule has 0 aromatic heterocycles. The number of benzene rings is 1. The summed E-state index contributed by atoms with van der Waals surface area (Å²) < 4.78 is 30.1. The van der Waals surface area contributed by atoms with Crippen molar-refractivity contribution in [1.29, 1.82) is 0 Å². The second-order valence-electron chi connectivity index (χ2n) is 5.02. The van der Waals surface area contributed by atoms with E-state index >= 15 is 0 Å². The third-order valence-corrected chi connectivity index (χ3v) is 4.01. The summed E-state index contributed by atoms with van der Waals surface area (Å²) in [4.78, 5) is 0. The van der Waals surface area contributed by atoms with E-state index in [0.29, 0.717) is 18.2 Å². The Hall–Kier alpha value is -0.720. The van der Waals surface area contributed by atoms with Crippen molar-refractivity contribution in [3.05, 3.63) is 28.2 Å². The van der Waals surface area contributed by atoms with Gasteiger partial charge in [-0.1, -0.05) is 15.9 Å². The first-order chi connectivity index (χ1) is 9.54. The van der Waals surface area contributed by atoms with Crippen molar-refractivity contribution in [2.24, 2.45) is 0 Å². The highest BCUT2D eigenvalue weighted by molar-refractivity contribution is 9.10. The van der Waals surface area contributed by atoms with Gasteiger partial charge < -0.3 is 15.2 Å². The van der Waals surface area contributed by atoms with E-state index in [2.05, 4.69) is 26.0 Å². The number of hydrogen-bond donors (Lipinski definition) is 2. The number of alkyl halides is 2. The Bertz CT molecular complexity index is 437. The normalized spacial score (nSPS) is 23.1. The molecule has 1 saturated carbocycles. The molecule has 112 valence electrons. The monoisotopic (exact) mass is 349 g/mol. The van der Waals surface area contributed by atoms with Crippen molar-refractivity contribution >= 4 is 15.9 Å². The fourth-order valence-electron chi connectivity index (χ4n) is 2.43. The molecule has 0 aliphatic heterocycles. The lowest BCUT2D eigenvalue weighted by atomic mass is 9.93. The van der Waals surface area contributed by atoms with E-state index in [4.69, 9.17) is 0 Å². The first kappa shape index (κ1) is 15.7. The maximum absolute atomic E-state index is 12.4. The Morgan fingerprint density at radius 1 is 1.30 bits per heavy atom. The lowest BCUT2D eigenvalue weighted by Crippen LogP contribution is -2.34. The van der Waals surface area contributed by atoms with E-state index in [9.17, 15) is 13.9 Å². The molecule has 0 heterocycles. The predicted octanol–water partition coefficient (Wildman–Crippen LogP) is 3.44. The van der Waals surface area contributed by atoms with Crippen LogP contribution in [0, 0.1) is 0 Å². The summed E-state index contributed by atoms with van der Waals surface area (Å²) >= 11 is 3.33. The molecule has 3 nitrogen and oxygen atoms in total. The zero-order chi connectivity index (χ0) is 14.5.